The first-order chi connectivity index (χ1) is 14.1. The maximum Gasteiger partial charge on any atom is 0.411 e. The Morgan fingerprint density at radius 1 is 1.24 bits per heavy atom. The zero-order valence-corrected chi connectivity index (χ0v) is 15.9. The van der Waals surface area contributed by atoms with Crippen LogP contribution >= 0.6 is 0 Å². The third kappa shape index (κ3) is 4.30. The summed E-state index contributed by atoms with van der Waals surface area (Å²) in [6, 6.07) is 15.5. The van der Waals surface area contributed by atoms with E-state index in [1.54, 1.807) is 4.90 Å². The Kier molecular flexibility index (Phi) is 5.59. The first kappa shape index (κ1) is 19.2. The lowest BCUT2D eigenvalue weighted by Crippen LogP contribution is -2.56. The van der Waals surface area contributed by atoms with E-state index in [4.69, 9.17) is 9.47 Å². The summed E-state index contributed by atoms with van der Waals surface area (Å²) in [6.07, 6.45) is 2.73. The number of hydrogen-bond acceptors (Lipinski definition) is 4. The number of carbonyl (C=O) groups excluding carboxylic acids is 1. The Morgan fingerprint density at radius 2 is 2.07 bits per heavy atom. The smallest absolute Gasteiger partial charge is 0.411 e. The van der Waals surface area contributed by atoms with Crippen LogP contribution in [-0.4, -0.2) is 36.3 Å². The van der Waals surface area contributed by atoms with Gasteiger partial charge in [-0.2, -0.15) is 5.26 Å². The van der Waals surface area contributed by atoms with Gasteiger partial charge in [-0.15, -0.1) is 0 Å². The van der Waals surface area contributed by atoms with Gasteiger partial charge in [0.05, 0.1) is 36.9 Å². The van der Waals surface area contributed by atoms with Gasteiger partial charge in [-0.3, -0.25) is 4.90 Å². The summed E-state index contributed by atoms with van der Waals surface area (Å²) < 4.78 is 24.8. The highest BCUT2D eigenvalue weighted by atomic mass is 19.1. The standard InChI is InChI=1S/C23H21FN2O3/c24-20-7-6-18(12-25)19(11-20)8-17-9-21-14-28-15-22(10-17)26(21)23(27)29-13-16-4-2-1-3-5-16/h1-7,9,11,21-22H,8,10,13-15H2. The van der Waals surface area contributed by atoms with Gasteiger partial charge in [-0.25, -0.2) is 9.18 Å². The second-order valence-electron chi connectivity index (χ2n) is 7.33. The highest BCUT2D eigenvalue weighted by Gasteiger charge is 2.38. The van der Waals surface area contributed by atoms with Gasteiger partial charge in [-0.1, -0.05) is 42.0 Å². The van der Waals surface area contributed by atoms with Gasteiger partial charge >= 0.3 is 6.09 Å². The zero-order valence-electron chi connectivity index (χ0n) is 15.9. The predicted octanol–water partition coefficient (Wildman–Crippen LogP) is 3.98. The molecule has 0 saturated carbocycles. The molecule has 0 aliphatic carbocycles. The fraction of sp³-hybridized carbons (Fsp3) is 0.304. The van der Waals surface area contributed by atoms with E-state index in [1.165, 1.54) is 18.2 Å². The lowest BCUT2D eigenvalue weighted by Gasteiger charge is -2.43. The molecule has 2 aliphatic rings. The number of nitrogens with zero attached hydrogens (tertiary/aromatic N) is 2. The Labute approximate surface area is 169 Å². The number of hydrogen-bond donors (Lipinski definition) is 0. The van der Waals surface area contributed by atoms with E-state index in [0.717, 1.165) is 11.1 Å². The van der Waals surface area contributed by atoms with Crippen molar-refractivity contribution in [2.75, 3.05) is 13.2 Å². The highest BCUT2D eigenvalue weighted by molar-refractivity contribution is 5.69. The van der Waals surface area contributed by atoms with Crippen molar-refractivity contribution in [2.45, 2.75) is 31.5 Å². The summed E-state index contributed by atoms with van der Waals surface area (Å²) >= 11 is 0. The number of ether oxygens (including phenoxy) is 2. The highest BCUT2D eigenvalue weighted by Crippen LogP contribution is 2.30. The Hall–Kier alpha value is -3.17. The van der Waals surface area contributed by atoms with Crippen molar-refractivity contribution < 1.29 is 18.7 Å². The van der Waals surface area contributed by atoms with Crippen LogP contribution in [0.15, 0.2) is 60.2 Å². The summed E-state index contributed by atoms with van der Waals surface area (Å²) in [4.78, 5) is 14.5. The van der Waals surface area contributed by atoms with Gasteiger partial charge in [-0.05, 0) is 42.2 Å². The quantitative estimate of drug-likeness (QED) is 0.739. The first-order valence-corrected chi connectivity index (χ1v) is 9.59. The molecule has 0 radical (unpaired) electrons. The zero-order chi connectivity index (χ0) is 20.2. The monoisotopic (exact) mass is 392 g/mol. The number of halogens is 1. The molecule has 2 atom stereocenters. The van der Waals surface area contributed by atoms with Crippen LogP contribution in [0.3, 0.4) is 0 Å². The number of fused-ring (bicyclic) bond motifs is 2. The summed E-state index contributed by atoms with van der Waals surface area (Å²) in [5, 5.41) is 9.29. The normalized spacial score (nSPS) is 20.6. The van der Waals surface area contributed by atoms with E-state index < -0.39 is 0 Å². The molecular weight excluding hydrogens is 371 g/mol. The van der Waals surface area contributed by atoms with Crippen LogP contribution in [0.4, 0.5) is 9.18 Å². The van der Waals surface area contributed by atoms with Gasteiger partial charge in [0.1, 0.15) is 12.4 Å². The van der Waals surface area contributed by atoms with Gasteiger partial charge in [0.2, 0.25) is 0 Å². The van der Waals surface area contributed by atoms with E-state index in [1.807, 2.05) is 36.4 Å². The second-order valence-corrected chi connectivity index (χ2v) is 7.33. The number of rotatable bonds is 4. The van der Waals surface area contributed by atoms with Crippen LogP contribution in [0.25, 0.3) is 0 Å². The minimum absolute atomic E-state index is 0.129. The molecule has 2 heterocycles. The van der Waals surface area contributed by atoms with E-state index in [9.17, 15) is 14.4 Å². The third-order valence-electron chi connectivity index (χ3n) is 5.30. The van der Waals surface area contributed by atoms with Crippen molar-refractivity contribution in [1.82, 2.24) is 4.90 Å². The minimum Gasteiger partial charge on any atom is -0.445 e. The molecular formula is C23H21FN2O3. The lowest BCUT2D eigenvalue weighted by atomic mass is 9.89. The molecule has 2 unspecified atom stereocenters. The second kappa shape index (κ2) is 8.46. The molecule has 29 heavy (non-hydrogen) atoms. The molecule has 6 heteroatoms. The Balaban J connectivity index is 1.48. The SMILES string of the molecule is N#Cc1ccc(F)cc1CC1=CC2COCC(C1)N2C(=O)OCc1ccccc1. The van der Waals surface area contributed by atoms with Crippen LogP contribution in [0, 0.1) is 17.1 Å². The Morgan fingerprint density at radius 3 is 2.83 bits per heavy atom. The molecule has 0 aromatic heterocycles. The molecule has 1 fully saturated rings. The number of nitriles is 1. The van der Waals surface area contributed by atoms with Gasteiger partial charge in [0.25, 0.3) is 0 Å². The van der Waals surface area contributed by atoms with Crippen LogP contribution in [0.2, 0.25) is 0 Å². The minimum atomic E-state index is -0.356. The van der Waals surface area contributed by atoms with Crippen molar-refractivity contribution in [1.29, 1.82) is 5.26 Å². The summed E-state index contributed by atoms with van der Waals surface area (Å²) in [5.74, 6) is -0.356. The fourth-order valence-corrected chi connectivity index (χ4v) is 3.96. The van der Waals surface area contributed by atoms with E-state index >= 15 is 0 Å². The van der Waals surface area contributed by atoms with Gasteiger partial charge in [0.15, 0.2) is 0 Å². The van der Waals surface area contributed by atoms with E-state index in [0.29, 0.717) is 37.2 Å². The summed E-state index contributed by atoms with van der Waals surface area (Å²) in [6.45, 7) is 1.05. The number of carbonyl (C=O) groups is 1. The average molecular weight is 392 g/mol. The van der Waals surface area contributed by atoms with Crippen molar-refractivity contribution in [3.63, 3.8) is 0 Å². The van der Waals surface area contributed by atoms with E-state index in [-0.39, 0.29) is 30.6 Å². The Bertz CT molecular complexity index is 968. The van der Waals surface area contributed by atoms with Crippen molar-refractivity contribution in [2.24, 2.45) is 0 Å². The molecule has 2 aromatic carbocycles. The van der Waals surface area contributed by atoms with Crippen molar-refractivity contribution >= 4 is 6.09 Å². The number of benzene rings is 2. The lowest BCUT2D eigenvalue weighted by molar-refractivity contribution is -0.0374. The maximum absolute atomic E-state index is 13.6. The molecule has 1 saturated heterocycles. The van der Waals surface area contributed by atoms with Crippen LogP contribution in [-0.2, 0) is 22.5 Å². The van der Waals surface area contributed by atoms with Crippen LogP contribution < -0.4 is 0 Å². The van der Waals surface area contributed by atoms with Crippen LogP contribution in [0.5, 0.6) is 0 Å². The molecule has 2 aromatic rings. The van der Waals surface area contributed by atoms with Crippen molar-refractivity contribution in [3.8, 4) is 6.07 Å². The van der Waals surface area contributed by atoms with Gasteiger partial charge in [0, 0.05) is 0 Å². The molecule has 0 spiro atoms. The third-order valence-corrected chi connectivity index (χ3v) is 5.30. The number of morpholine rings is 1. The topological polar surface area (TPSA) is 62.6 Å². The summed E-state index contributed by atoms with van der Waals surface area (Å²) in [5.41, 5.74) is 3.15. The predicted molar refractivity (Wildman–Crippen MR) is 104 cm³/mol. The molecule has 4 rings (SSSR count). The first-order valence-electron chi connectivity index (χ1n) is 9.59. The van der Waals surface area contributed by atoms with E-state index in [2.05, 4.69) is 6.07 Å². The number of amides is 1. The average Bonchev–Trinajstić information content (AvgIpc) is 2.72. The largest absolute Gasteiger partial charge is 0.445 e. The molecule has 0 N–H and O–H groups in total. The molecule has 2 aliphatic heterocycles. The summed E-state index contributed by atoms with van der Waals surface area (Å²) in [7, 11) is 0. The van der Waals surface area contributed by atoms with Gasteiger partial charge < -0.3 is 9.47 Å². The maximum atomic E-state index is 13.6. The molecule has 148 valence electrons. The molecule has 2 bridgehead atoms. The van der Waals surface area contributed by atoms with Crippen molar-refractivity contribution in [3.05, 3.63) is 82.7 Å². The fourth-order valence-electron chi connectivity index (χ4n) is 3.96. The van der Waals surface area contributed by atoms with Crippen LogP contribution in [0.1, 0.15) is 23.1 Å². The molecule has 5 nitrogen and oxygen atoms in total. The molecule has 1 amide bonds.